The third kappa shape index (κ3) is 3.52. The van der Waals surface area contributed by atoms with Gasteiger partial charge in [-0.25, -0.2) is 0 Å². The van der Waals surface area contributed by atoms with E-state index >= 15 is 0 Å². The van der Waals surface area contributed by atoms with E-state index in [1.165, 1.54) is 32.6 Å². The van der Waals surface area contributed by atoms with Crippen LogP contribution in [0.2, 0.25) is 5.04 Å². The second-order valence-electron chi connectivity index (χ2n) is 9.01. The van der Waals surface area contributed by atoms with Gasteiger partial charge in [0.2, 0.25) is 0 Å². The predicted molar refractivity (Wildman–Crippen MR) is 126 cm³/mol. The van der Waals surface area contributed by atoms with Gasteiger partial charge >= 0.3 is 0 Å². The molecule has 0 heterocycles. The number of rotatable bonds is 5. The highest BCUT2D eigenvalue weighted by atomic mass is 28.4. The monoisotopic (exact) mass is 398 g/mol. The summed E-state index contributed by atoms with van der Waals surface area (Å²) in [7, 11) is -2.48. The first kappa shape index (κ1) is 19.9. The summed E-state index contributed by atoms with van der Waals surface area (Å²) < 4.78 is 7.13. The molecule has 148 valence electrons. The molecule has 1 nitrogen and oxygen atoms in total. The highest BCUT2D eigenvalue weighted by molar-refractivity contribution is 6.99. The van der Waals surface area contributed by atoms with Crippen LogP contribution in [0.3, 0.4) is 0 Å². The molecule has 0 saturated heterocycles. The van der Waals surface area contributed by atoms with E-state index in [2.05, 4.69) is 113 Å². The molecule has 0 unspecified atom stereocenters. The Morgan fingerprint density at radius 3 is 1.79 bits per heavy atom. The van der Waals surface area contributed by atoms with Gasteiger partial charge in [-0.05, 0) is 51.0 Å². The van der Waals surface area contributed by atoms with E-state index in [1.807, 2.05) is 0 Å². The van der Waals surface area contributed by atoms with Crippen LogP contribution in [0.1, 0.15) is 38.8 Å². The molecule has 0 fully saturated rings. The van der Waals surface area contributed by atoms with Crippen molar-refractivity contribution < 1.29 is 4.43 Å². The maximum Gasteiger partial charge on any atom is 0.261 e. The number of allylic oxidation sites excluding steroid dienone is 1. The largest absolute Gasteiger partial charge is 0.403 e. The maximum absolute atomic E-state index is 7.13. The standard InChI is InChI=1S/C27H30OSi/c1-21-23(19-22-13-11-12-18-26(21)22)20-28-29(27(2,3)4,24-14-7-5-8-15-24)25-16-9-6-10-17-25/h5-18H,19-20H2,1-4H3. The molecule has 0 atom stereocenters. The lowest BCUT2D eigenvalue weighted by atomic mass is 10.1. The van der Waals surface area contributed by atoms with Crippen LogP contribution in [0.25, 0.3) is 5.57 Å². The highest BCUT2D eigenvalue weighted by Crippen LogP contribution is 2.38. The van der Waals surface area contributed by atoms with Crippen molar-refractivity contribution in [2.24, 2.45) is 0 Å². The van der Waals surface area contributed by atoms with E-state index in [1.54, 1.807) is 0 Å². The van der Waals surface area contributed by atoms with Crippen LogP contribution in [-0.4, -0.2) is 14.9 Å². The van der Waals surface area contributed by atoms with Crippen molar-refractivity contribution in [3.63, 3.8) is 0 Å². The molecule has 0 saturated carbocycles. The summed E-state index contributed by atoms with van der Waals surface area (Å²) in [5.41, 5.74) is 5.61. The van der Waals surface area contributed by atoms with Crippen molar-refractivity contribution in [2.75, 3.05) is 6.61 Å². The van der Waals surface area contributed by atoms with Crippen LogP contribution in [0.15, 0.2) is 90.5 Å². The van der Waals surface area contributed by atoms with Crippen molar-refractivity contribution in [1.82, 2.24) is 0 Å². The smallest absolute Gasteiger partial charge is 0.261 e. The van der Waals surface area contributed by atoms with E-state index < -0.39 is 8.32 Å². The van der Waals surface area contributed by atoms with Crippen molar-refractivity contribution in [1.29, 1.82) is 0 Å². The van der Waals surface area contributed by atoms with Gasteiger partial charge in [0, 0.05) is 0 Å². The van der Waals surface area contributed by atoms with E-state index in [0.29, 0.717) is 6.61 Å². The second kappa shape index (κ2) is 7.77. The Morgan fingerprint density at radius 2 is 1.28 bits per heavy atom. The first-order valence-electron chi connectivity index (χ1n) is 10.5. The molecule has 0 aliphatic heterocycles. The fourth-order valence-corrected chi connectivity index (χ4v) is 9.26. The van der Waals surface area contributed by atoms with Crippen molar-refractivity contribution in [3.8, 4) is 0 Å². The molecule has 0 amide bonds. The Labute approximate surface area is 176 Å². The van der Waals surface area contributed by atoms with Crippen LogP contribution < -0.4 is 10.4 Å². The number of hydrogen-bond acceptors (Lipinski definition) is 1. The molecule has 0 radical (unpaired) electrons. The van der Waals surface area contributed by atoms with E-state index in [4.69, 9.17) is 4.43 Å². The van der Waals surface area contributed by atoms with E-state index in [-0.39, 0.29) is 5.04 Å². The molecule has 1 aliphatic rings. The molecule has 2 heteroatoms. The van der Waals surface area contributed by atoms with Gasteiger partial charge < -0.3 is 4.43 Å². The fraction of sp³-hybridized carbons (Fsp3) is 0.259. The molecular weight excluding hydrogens is 368 g/mol. The quantitative estimate of drug-likeness (QED) is 0.509. The minimum absolute atomic E-state index is 0.00955. The Kier molecular flexibility index (Phi) is 5.33. The topological polar surface area (TPSA) is 9.23 Å². The molecule has 0 bridgehead atoms. The van der Waals surface area contributed by atoms with E-state index in [9.17, 15) is 0 Å². The number of benzene rings is 3. The van der Waals surface area contributed by atoms with Crippen LogP contribution in [0.5, 0.6) is 0 Å². The van der Waals surface area contributed by atoms with Gasteiger partial charge in [-0.2, -0.15) is 0 Å². The molecule has 4 rings (SSSR count). The number of fused-ring (bicyclic) bond motifs is 1. The van der Waals surface area contributed by atoms with Gasteiger partial charge in [0.1, 0.15) is 0 Å². The van der Waals surface area contributed by atoms with Crippen LogP contribution in [-0.2, 0) is 10.8 Å². The van der Waals surface area contributed by atoms with Crippen LogP contribution in [0.4, 0.5) is 0 Å². The van der Waals surface area contributed by atoms with Crippen LogP contribution in [0, 0.1) is 0 Å². The second-order valence-corrected chi connectivity index (χ2v) is 13.3. The Morgan fingerprint density at radius 1 is 0.759 bits per heavy atom. The maximum atomic E-state index is 7.13. The molecule has 0 N–H and O–H groups in total. The lowest BCUT2D eigenvalue weighted by molar-refractivity contribution is 0.328. The van der Waals surface area contributed by atoms with Gasteiger partial charge in [0.25, 0.3) is 8.32 Å². The summed E-state index contributed by atoms with van der Waals surface area (Å²) in [5, 5.41) is 2.69. The Hall–Kier alpha value is -2.42. The van der Waals surface area contributed by atoms with Gasteiger partial charge in [-0.3, -0.25) is 0 Å². The minimum Gasteiger partial charge on any atom is -0.403 e. The first-order valence-corrected chi connectivity index (χ1v) is 12.4. The summed E-state index contributed by atoms with van der Waals surface area (Å²) in [6.07, 6.45) is 1.00. The normalized spacial score (nSPS) is 14.2. The third-order valence-corrected chi connectivity index (χ3v) is 11.2. The summed E-state index contributed by atoms with van der Waals surface area (Å²) in [6.45, 7) is 9.95. The average Bonchev–Trinajstić information content (AvgIpc) is 3.05. The average molecular weight is 399 g/mol. The lowest BCUT2D eigenvalue weighted by Gasteiger charge is -2.43. The van der Waals surface area contributed by atoms with E-state index in [0.717, 1.165) is 6.42 Å². The summed E-state index contributed by atoms with van der Waals surface area (Å²) in [4.78, 5) is 0. The molecule has 1 aliphatic carbocycles. The minimum atomic E-state index is -2.48. The zero-order valence-corrected chi connectivity index (χ0v) is 18.9. The molecule has 3 aromatic carbocycles. The SMILES string of the molecule is CC1=C(CO[Si](c2ccccc2)(c2ccccc2)C(C)(C)C)Cc2ccccc21. The summed E-state index contributed by atoms with van der Waals surface area (Å²) in [6, 6.07) is 30.6. The first-order chi connectivity index (χ1) is 13.9. The highest BCUT2D eigenvalue weighted by Gasteiger charge is 2.50. The molecule has 29 heavy (non-hydrogen) atoms. The third-order valence-electron chi connectivity index (χ3n) is 6.24. The number of hydrogen-bond donors (Lipinski definition) is 0. The summed E-state index contributed by atoms with van der Waals surface area (Å²) >= 11 is 0. The molecular formula is C27H30OSi. The van der Waals surface area contributed by atoms with Gasteiger partial charge in [-0.1, -0.05) is 106 Å². The zero-order valence-electron chi connectivity index (χ0n) is 17.9. The summed E-state index contributed by atoms with van der Waals surface area (Å²) in [5.74, 6) is 0. The zero-order chi connectivity index (χ0) is 20.5. The molecule has 0 spiro atoms. The Bertz CT molecular complexity index is 974. The fourth-order valence-electron chi connectivity index (χ4n) is 4.71. The Balaban J connectivity index is 1.77. The predicted octanol–water partition coefficient (Wildman–Crippen LogP) is 5.59. The van der Waals surface area contributed by atoms with Crippen molar-refractivity contribution in [2.45, 2.75) is 39.2 Å². The molecule has 0 aromatic heterocycles. The lowest BCUT2D eigenvalue weighted by Crippen LogP contribution is -2.66. The van der Waals surface area contributed by atoms with Gasteiger partial charge in [-0.15, -0.1) is 0 Å². The molecule has 3 aromatic rings. The van der Waals surface area contributed by atoms with Crippen molar-refractivity contribution >= 4 is 24.3 Å². The van der Waals surface area contributed by atoms with Gasteiger partial charge in [0.15, 0.2) is 0 Å². The van der Waals surface area contributed by atoms with Crippen LogP contribution >= 0.6 is 0 Å². The van der Waals surface area contributed by atoms with Crippen molar-refractivity contribution in [3.05, 3.63) is 102 Å². The van der Waals surface area contributed by atoms with Gasteiger partial charge in [0.05, 0.1) is 6.61 Å².